The van der Waals surface area contributed by atoms with Gasteiger partial charge in [0.05, 0.1) is 5.56 Å². The number of carbonyl (C=O) groups excluding carboxylic acids is 2. The fourth-order valence-corrected chi connectivity index (χ4v) is 3.08. The molecule has 1 heterocycles. The quantitative estimate of drug-likeness (QED) is 0.538. The number of aromatic nitrogens is 1. The van der Waals surface area contributed by atoms with E-state index in [0.29, 0.717) is 11.3 Å². The van der Waals surface area contributed by atoms with Crippen LogP contribution in [0.25, 0.3) is 10.9 Å². The van der Waals surface area contributed by atoms with Gasteiger partial charge in [-0.1, -0.05) is 34.1 Å². The Labute approximate surface area is 148 Å². The molecule has 3 rings (SSSR count). The molecule has 1 aromatic heterocycles. The van der Waals surface area contributed by atoms with E-state index < -0.39 is 11.7 Å². The molecule has 0 fully saturated rings. The second-order valence-electron chi connectivity index (χ2n) is 5.78. The Morgan fingerprint density at radius 3 is 2.50 bits per heavy atom. The van der Waals surface area contributed by atoms with Crippen molar-refractivity contribution in [3.8, 4) is 0 Å². The molecule has 0 aliphatic carbocycles. The third-order valence-corrected chi connectivity index (χ3v) is 5.14. The lowest BCUT2D eigenvalue weighted by Crippen LogP contribution is -2.23. The number of ketones is 1. The van der Waals surface area contributed by atoms with E-state index in [1.54, 1.807) is 6.07 Å². The second-order valence-corrected chi connectivity index (χ2v) is 6.64. The summed E-state index contributed by atoms with van der Waals surface area (Å²) in [5.41, 5.74) is 3.77. The SMILES string of the molecule is Cc1cc(NC(=O)C(=O)c2c(C)n(C)c3ccccc23)ccc1Br. The second kappa shape index (κ2) is 6.24. The van der Waals surface area contributed by atoms with Crippen LogP contribution < -0.4 is 5.32 Å². The van der Waals surface area contributed by atoms with Crippen LogP contribution in [0.15, 0.2) is 46.9 Å². The monoisotopic (exact) mass is 384 g/mol. The third-order valence-electron chi connectivity index (χ3n) is 4.25. The van der Waals surface area contributed by atoms with E-state index in [-0.39, 0.29) is 0 Å². The first-order valence-electron chi connectivity index (χ1n) is 7.56. The van der Waals surface area contributed by atoms with E-state index in [0.717, 1.165) is 26.6 Å². The number of hydrogen-bond donors (Lipinski definition) is 1. The van der Waals surface area contributed by atoms with Gasteiger partial charge in [-0.15, -0.1) is 0 Å². The summed E-state index contributed by atoms with van der Waals surface area (Å²) in [5, 5.41) is 3.49. The van der Waals surface area contributed by atoms with Crippen molar-refractivity contribution in [1.82, 2.24) is 4.57 Å². The molecule has 5 heteroatoms. The van der Waals surface area contributed by atoms with Gasteiger partial charge in [0.1, 0.15) is 0 Å². The Kier molecular flexibility index (Phi) is 4.28. The van der Waals surface area contributed by atoms with Gasteiger partial charge in [-0.2, -0.15) is 0 Å². The van der Waals surface area contributed by atoms with E-state index in [9.17, 15) is 9.59 Å². The summed E-state index contributed by atoms with van der Waals surface area (Å²) in [4.78, 5) is 25.1. The summed E-state index contributed by atoms with van der Waals surface area (Å²) < 4.78 is 2.89. The van der Waals surface area contributed by atoms with Crippen molar-refractivity contribution in [3.63, 3.8) is 0 Å². The molecular formula is C19H17BrN2O2. The maximum atomic E-state index is 12.7. The Morgan fingerprint density at radius 2 is 1.79 bits per heavy atom. The number of benzene rings is 2. The number of halogens is 1. The zero-order valence-electron chi connectivity index (χ0n) is 13.7. The molecule has 4 nitrogen and oxygen atoms in total. The van der Waals surface area contributed by atoms with E-state index in [2.05, 4.69) is 21.2 Å². The van der Waals surface area contributed by atoms with Gasteiger partial charge < -0.3 is 9.88 Å². The zero-order chi connectivity index (χ0) is 17.4. The number of nitrogens with zero attached hydrogens (tertiary/aromatic N) is 1. The van der Waals surface area contributed by atoms with Gasteiger partial charge in [-0.25, -0.2) is 0 Å². The van der Waals surface area contributed by atoms with Crippen molar-refractivity contribution < 1.29 is 9.59 Å². The largest absolute Gasteiger partial charge is 0.347 e. The molecule has 24 heavy (non-hydrogen) atoms. The Hall–Kier alpha value is -2.40. The van der Waals surface area contributed by atoms with Crippen LogP contribution in [0.5, 0.6) is 0 Å². The van der Waals surface area contributed by atoms with E-state index >= 15 is 0 Å². The Morgan fingerprint density at radius 1 is 1.08 bits per heavy atom. The van der Waals surface area contributed by atoms with Crippen molar-refractivity contribution >= 4 is 44.2 Å². The van der Waals surface area contributed by atoms with Gasteiger partial charge in [-0.3, -0.25) is 9.59 Å². The molecule has 0 aliphatic rings. The first kappa shape index (κ1) is 16.5. The van der Waals surface area contributed by atoms with Crippen LogP contribution in [-0.4, -0.2) is 16.3 Å². The van der Waals surface area contributed by atoms with Gasteiger partial charge in [0.15, 0.2) is 0 Å². The fraction of sp³-hybridized carbons (Fsp3) is 0.158. The average Bonchev–Trinajstić information content (AvgIpc) is 2.82. The maximum absolute atomic E-state index is 12.7. The lowest BCUT2D eigenvalue weighted by atomic mass is 10.1. The zero-order valence-corrected chi connectivity index (χ0v) is 15.3. The normalized spacial score (nSPS) is 10.8. The third kappa shape index (κ3) is 2.76. The van der Waals surface area contributed by atoms with Gasteiger partial charge in [-0.05, 0) is 43.7 Å². The van der Waals surface area contributed by atoms with Crippen LogP contribution >= 0.6 is 15.9 Å². The Bertz CT molecular complexity index is 973. The minimum Gasteiger partial charge on any atom is -0.347 e. The Balaban J connectivity index is 1.96. The van der Waals surface area contributed by atoms with Crippen molar-refractivity contribution in [3.05, 3.63) is 63.8 Å². The molecule has 122 valence electrons. The first-order chi connectivity index (χ1) is 11.4. The highest BCUT2D eigenvalue weighted by atomic mass is 79.9. The number of amides is 1. The summed E-state index contributed by atoms with van der Waals surface area (Å²) in [5.74, 6) is -1.15. The van der Waals surface area contributed by atoms with Crippen LogP contribution in [-0.2, 0) is 11.8 Å². The topological polar surface area (TPSA) is 51.1 Å². The summed E-state index contributed by atoms with van der Waals surface area (Å²) in [6, 6.07) is 13.0. The predicted octanol–water partition coefficient (Wildman–Crippen LogP) is 4.38. The molecule has 0 aliphatic heterocycles. The number of anilines is 1. The number of para-hydroxylation sites is 1. The predicted molar refractivity (Wildman–Crippen MR) is 99.5 cm³/mol. The van der Waals surface area contributed by atoms with E-state index in [1.165, 1.54) is 0 Å². The molecule has 0 unspecified atom stereocenters. The van der Waals surface area contributed by atoms with Gasteiger partial charge >= 0.3 is 0 Å². The maximum Gasteiger partial charge on any atom is 0.296 e. The van der Waals surface area contributed by atoms with Crippen LogP contribution in [0.2, 0.25) is 0 Å². The number of hydrogen-bond acceptors (Lipinski definition) is 2. The van der Waals surface area contributed by atoms with Gasteiger partial charge in [0.2, 0.25) is 0 Å². The van der Waals surface area contributed by atoms with E-state index in [1.807, 2.05) is 61.9 Å². The van der Waals surface area contributed by atoms with Crippen LogP contribution in [0.3, 0.4) is 0 Å². The molecule has 1 amide bonds. The lowest BCUT2D eigenvalue weighted by molar-refractivity contribution is -0.112. The summed E-state index contributed by atoms with van der Waals surface area (Å²) in [6.45, 7) is 3.78. The van der Waals surface area contributed by atoms with Gasteiger partial charge in [0.25, 0.3) is 11.7 Å². The van der Waals surface area contributed by atoms with Crippen molar-refractivity contribution in [1.29, 1.82) is 0 Å². The summed E-state index contributed by atoms with van der Waals surface area (Å²) in [6.07, 6.45) is 0. The highest BCUT2D eigenvalue weighted by Gasteiger charge is 2.24. The summed E-state index contributed by atoms with van der Waals surface area (Å²) >= 11 is 3.42. The van der Waals surface area contributed by atoms with Crippen molar-refractivity contribution in [2.24, 2.45) is 7.05 Å². The molecular weight excluding hydrogens is 368 g/mol. The van der Waals surface area contributed by atoms with E-state index in [4.69, 9.17) is 0 Å². The molecule has 0 radical (unpaired) electrons. The smallest absolute Gasteiger partial charge is 0.296 e. The molecule has 0 saturated carbocycles. The van der Waals surface area contributed by atoms with Crippen molar-refractivity contribution in [2.75, 3.05) is 5.32 Å². The van der Waals surface area contributed by atoms with Crippen LogP contribution in [0.1, 0.15) is 21.6 Å². The lowest BCUT2D eigenvalue weighted by Gasteiger charge is -2.07. The molecule has 0 saturated heterocycles. The minimum atomic E-state index is -0.629. The average molecular weight is 385 g/mol. The van der Waals surface area contributed by atoms with Crippen LogP contribution in [0.4, 0.5) is 5.69 Å². The molecule has 0 atom stereocenters. The number of rotatable bonds is 3. The van der Waals surface area contributed by atoms with Crippen molar-refractivity contribution in [2.45, 2.75) is 13.8 Å². The molecule has 0 spiro atoms. The number of carbonyl (C=O) groups is 2. The number of nitrogens with one attached hydrogen (secondary N) is 1. The molecule has 3 aromatic rings. The van der Waals surface area contributed by atoms with Crippen LogP contribution in [0, 0.1) is 13.8 Å². The standard InChI is InChI=1S/C19H17BrN2O2/c1-11-10-13(8-9-15(11)20)21-19(24)18(23)17-12(2)22(3)16-7-5-4-6-14(16)17/h4-10H,1-3H3,(H,21,24). The number of Topliss-reactive ketones (excluding diaryl/α,β-unsaturated/α-hetero) is 1. The first-order valence-corrected chi connectivity index (χ1v) is 8.35. The fourth-order valence-electron chi connectivity index (χ4n) is 2.83. The number of fused-ring (bicyclic) bond motifs is 1. The molecule has 1 N–H and O–H groups in total. The van der Waals surface area contributed by atoms with Gasteiger partial charge in [0, 0.05) is 33.8 Å². The summed E-state index contributed by atoms with van der Waals surface area (Å²) in [7, 11) is 1.89. The molecule has 2 aromatic carbocycles. The highest BCUT2D eigenvalue weighted by molar-refractivity contribution is 9.10. The molecule has 0 bridgehead atoms. The number of aryl methyl sites for hydroxylation is 2. The highest BCUT2D eigenvalue weighted by Crippen LogP contribution is 2.26. The minimum absolute atomic E-state index is 0.458.